The van der Waals surface area contributed by atoms with Crippen LogP contribution in [0.2, 0.25) is 0 Å². The van der Waals surface area contributed by atoms with Crippen LogP contribution in [-0.2, 0) is 4.79 Å². The van der Waals surface area contributed by atoms with E-state index >= 15 is 0 Å². The summed E-state index contributed by atoms with van der Waals surface area (Å²) >= 11 is 0. The molecule has 8 heteroatoms. The molecule has 0 aliphatic carbocycles. The van der Waals surface area contributed by atoms with Gasteiger partial charge >= 0.3 is 0 Å². The number of amides is 1. The number of benzene rings is 2. The maximum absolute atomic E-state index is 12.3. The Morgan fingerprint density at radius 1 is 1.27 bits per heavy atom. The smallest absolute Gasteiger partial charge is 0.292 e. The molecule has 0 saturated heterocycles. The zero-order valence-corrected chi connectivity index (χ0v) is 14.1. The van der Waals surface area contributed by atoms with Crippen molar-refractivity contribution in [1.29, 1.82) is 5.26 Å². The lowest BCUT2D eigenvalue weighted by Gasteiger charge is -2.10. The molecule has 1 amide bonds. The van der Waals surface area contributed by atoms with Gasteiger partial charge in [0.15, 0.2) is 0 Å². The lowest BCUT2D eigenvalue weighted by Crippen LogP contribution is -2.15. The predicted octanol–water partition coefficient (Wildman–Crippen LogP) is 3.37. The van der Waals surface area contributed by atoms with E-state index in [4.69, 9.17) is 4.74 Å². The second kappa shape index (κ2) is 8.30. The Morgan fingerprint density at radius 3 is 2.65 bits per heavy atom. The molecule has 0 aliphatic rings. The van der Waals surface area contributed by atoms with Gasteiger partial charge in [0, 0.05) is 12.3 Å². The van der Waals surface area contributed by atoms with E-state index in [9.17, 15) is 20.2 Å². The van der Waals surface area contributed by atoms with Crippen LogP contribution < -0.4 is 15.4 Å². The van der Waals surface area contributed by atoms with Crippen molar-refractivity contribution in [3.05, 3.63) is 69.9 Å². The highest BCUT2D eigenvalue weighted by Gasteiger charge is 2.17. The monoisotopic (exact) mass is 352 g/mol. The molecular weight excluding hydrogens is 336 g/mol. The zero-order chi connectivity index (χ0) is 19.1. The van der Waals surface area contributed by atoms with E-state index in [0.717, 1.165) is 5.56 Å². The number of carbonyl (C=O) groups is 1. The van der Waals surface area contributed by atoms with Crippen LogP contribution in [0.5, 0.6) is 5.75 Å². The van der Waals surface area contributed by atoms with Crippen molar-refractivity contribution in [2.45, 2.75) is 6.92 Å². The van der Waals surface area contributed by atoms with Crippen LogP contribution in [0.3, 0.4) is 0 Å². The number of carbonyl (C=O) groups excluding carboxylic acids is 1. The average Bonchev–Trinajstić information content (AvgIpc) is 2.62. The molecule has 2 aromatic carbocycles. The standard InChI is InChI=1S/C18H16N4O4/c1-12-7-8-17(26-2)15(9-12)20-11-13(10-19)18(23)21-14-5-3-4-6-16(14)22(24)25/h3-9,11,20H,1-2H3,(H,21,23)/b13-11-. The van der Waals surface area contributed by atoms with E-state index in [1.807, 2.05) is 13.0 Å². The van der Waals surface area contributed by atoms with Crippen LogP contribution in [0.25, 0.3) is 0 Å². The second-order valence-corrected chi connectivity index (χ2v) is 5.25. The predicted molar refractivity (Wildman–Crippen MR) is 96.8 cm³/mol. The fraction of sp³-hybridized carbons (Fsp3) is 0.111. The molecule has 0 saturated carbocycles. The van der Waals surface area contributed by atoms with Gasteiger partial charge in [-0.05, 0) is 30.7 Å². The van der Waals surface area contributed by atoms with Gasteiger partial charge in [0.05, 0.1) is 17.7 Å². The van der Waals surface area contributed by atoms with Gasteiger partial charge in [0.2, 0.25) is 0 Å². The molecule has 0 heterocycles. The summed E-state index contributed by atoms with van der Waals surface area (Å²) in [4.78, 5) is 22.7. The van der Waals surface area contributed by atoms with E-state index in [1.54, 1.807) is 24.3 Å². The first-order valence-corrected chi connectivity index (χ1v) is 7.52. The molecular formula is C18H16N4O4. The quantitative estimate of drug-likeness (QED) is 0.356. The number of ether oxygens (including phenoxy) is 1. The summed E-state index contributed by atoms with van der Waals surface area (Å²) < 4.78 is 5.21. The molecule has 0 aliphatic heterocycles. The first kappa shape index (κ1) is 18.5. The number of aryl methyl sites for hydroxylation is 1. The third kappa shape index (κ3) is 4.36. The number of nitro groups is 1. The number of nitrogens with one attached hydrogen (secondary N) is 2. The van der Waals surface area contributed by atoms with Crippen molar-refractivity contribution < 1.29 is 14.5 Å². The van der Waals surface area contributed by atoms with E-state index in [1.165, 1.54) is 31.5 Å². The minimum absolute atomic E-state index is 0.0109. The number of anilines is 2. The summed E-state index contributed by atoms with van der Waals surface area (Å²) in [5.41, 5.74) is 1.05. The SMILES string of the molecule is COc1ccc(C)cc1N/C=C(/C#N)C(=O)Nc1ccccc1[N+](=O)[O-]. The van der Waals surface area contributed by atoms with Crippen LogP contribution in [0, 0.1) is 28.4 Å². The van der Waals surface area contributed by atoms with Crippen LogP contribution in [0.15, 0.2) is 54.2 Å². The Kier molecular flexibility index (Phi) is 5.90. The normalized spacial score (nSPS) is 10.6. The van der Waals surface area contributed by atoms with Crippen LogP contribution >= 0.6 is 0 Å². The summed E-state index contributed by atoms with van der Waals surface area (Å²) in [6, 6.07) is 12.9. The molecule has 0 spiro atoms. The van der Waals surface area contributed by atoms with E-state index in [2.05, 4.69) is 10.6 Å². The number of hydrogen-bond acceptors (Lipinski definition) is 6. The van der Waals surface area contributed by atoms with Gasteiger partial charge in [-0.3, -0.25) is 14.9 Å². The van der Waals surface area contributed by atoms with Gasteiger partial charge in [-0.25, -0.2) is 0 Å². The molecule has 0 unspecified atom stereocenters. The van der Waals surface area contributed by atoms with Gasteiger partial charge in [-0.2, -0.15) is 5.26 Å². The minimum atomic E-state index is -0.763. The molecule has 26 heavy (non-hydrogen) atoms. The number of nitro benzene ring substituents is 1. The van der Waals surface area contributed by atoms with Gasteiger partial charge in [-0.1, -0.05) is 18.2 Å². The second-order valence-electron chi connectivity index (χ2n) is 5.25. The average molecular weight is 352 g/mol. The number of hydrogen-bond donors (Lipinski definition) is 2. The van der Waals surface area contributed by atoms with Crippen molar-refractivity contribution in [3.63, 3.8) is 0 Å². The lowest BCUT2D eigenvalue weighted by atomic mass is 10.2. The fourth-order valence-electron chi connectivity index (χ4n) is 2.16. The highest BCUT2D eigenvalue weighted by molar-refractivity contribution is 6.07. The highest BCUT2D eigenvalue weighted by atomic mass is 16.6. The third-order valence-electron chi connectivity index (χ3n) is 3.44. The Hall–Kier alpha value is -3.86. The van der Waals surface area contributed by atoms with Crippen molar-refractivity contribution in [3.8, 4) is 11.8 Å². The maximum atomic E-state index is 12.3. The number of nitrogens with zero attached hydrogens (tertiary/aromatic N) is 2. The molecule has 0 fully saturated rings. The molecule has 8 nitrogen and oxygen atoms in total. The number of para-hydroxylation sites is 2. The molecule has 0 aromatic heterocycles. The van der Waals surface area contributed by atoms with Crippen LogP contribution in [-0.4, -0.2) is 17.9 Å². The topological polar surface area (TPSA) is 117 Å². The fourth-order valence-corrected chi connectivity index (χ4v) is 2.16. The summed E-state index contributed by atoms with van der Waals surface area (Å²) in [6.45, 7) is 1.89. The zero-order valence-electron chi connectivity index (χ0n) is 14.1. The van der Waals surface area contributed by atoms with Gasteiger partial charge < -0.3 is 15.4 Å². The maximum Gasteiger partial charge on any atom is 0.292 e. The number of rotatable bonds is 6. The van der Waals surface area contributed by atoms with E-state index < -0.39 is 10.8 Å². The molecule has 0 bridgehead atoms. The Morgan fingerprint density at radius 2 is 2.00 bits per heavy atom. The van der Waals surface area contributed by atoms with E-state index in [0.29, 0.717) is 11.4 Å². The van der Waals surface area contributed by atoms with Crippen molar-refractivity contribution in [2.75, 3.05) is 17.7 Å². The third-order valence-corrected chi connectivity index (χ3v) is 3.44. The summed E-state index contributed by atoms with van der Waals surface area (Å²) in [5.74, 6) is -0.218. The lowest BCUT2D eigenvalue weighted by molar-refractivity contribution is -0.383. The molecule has 2 aromatic rings. The first-order chi connectivity index (χ1) is 12.5. The Balaban J connectivity index is 2.22. The molecule has 132 valence electrons. The van der Waals surface area contributed by atoms with Gasteiger partial charge in [-0.15, -0.1) is 0 Å². The Labute approximate surface area is 149 Å². The molecule has 0 atom stereocenters. The molecule has 0 radical (unpaired) electrons. The number of methoxy groups -OCH3 is 1. The summed E-state index contributed by atoms with van der Waals surface area (Å²) in [7, 11) is 1.51. The summed E-state index contributed by atoms with van der Waals surface area (Å²) in [6.07, 6.45) is 1.22. The van der Waals surface area contributed by atoms with Crippen molar-refractivity contribution in [2.24, 2.45) is 0 Å². The summed E-state index contributed by atoms with van der Waals surface area (Å²) in [5, 5.41) is 25.5. The first-order valence-electron chi connectivity index (χ1n) is 7.52. The highest BCUT2D eigenvalue weighted by Crippen LogP contribution is 2.26. The van der Waals surface area contributed by atoms with Crippen molar-refractivity contribution in [1.82, 2.24) is 0 Å². The molecule has 2 N–H and O–H groups in total. The largest absolute Gasteiger partial charge is 0.495 e. The van der Waals surface area contributed by atoms with Gasteiger partial charge in [0.25, 0.3) is 11.6 Å². The Bertz CT molecular complexity index is 916. The number of nitriles is 1. The van der Waals surface area contributed by atoms with Crippen molar-refractivity contribution >= 4 is 23.0 Å². The van der Waals surface area contributed by atoms with E-state index in [-0.39, 0.29) is 16.9 Å². The minimum Gasteiger partial charge on any atom is -0.495 e. The van der Waals surface area contributed by atoms with Gasteiger partial charge in [0.1, 0.15) is 23.1 Å². The van der Waals surface area contributed by atoms with Crippen LogP contribution in [0.1, 0.15) is 5.56 Å². The molecule has 2 rings (SSSR count). The van der Waals surface area contributed by atoms with Crippen LogP contribution in [0.4, 0.5) is 17.1 Å².